The Morgan fingerprint density at radius 1 is 1.00 bits per heavy atom. The number of methoxy groups -OCH3 is 2. The Bertz CT molecular complexity index is 609. The molecule has 0 saturated carbocycles. The molecule has 0 aromatic heterocycles. The number of hydrogen-bond donors (Lipinski definition) is 1. The van der Waals surface area contributed by atoms with E-state index in [0.29, 0.717) is 17.7 Å². The van der Waals surface area contributed by atoms with Gasteiger partial charge >= 0.3 is 0 Å². The van der Waals surface area contributed by atoms with E-state index in [4.69, 9.17) is 15.2 Å². The molecule has 0 aliphatic heterocycles. The Hall–Kier alpha value is -2.07. The molecule has 0 aliphatic rings. The smallest absolute Gasteiger partial charge is 0.131 e. The first-order valence-corrected chi connectivity index (χ1v) is 6.72. The summed E-state index contributed by atoms with van der Waals surface area (Å²) in [5.74, 6) is 0.914. The molecule has 2 aromatic carbocycles. The Kier molecular flexibility index (Phi) is 4.48. The molecule has 21 heavy (non-hydrogen) atoms. The van der Waals surface area contributed by atoms with E-state index < -0.39 is 5.54 Å². The fourth-order valence-electron chi connectivity index (χ4n) is 2.35. The third-order valence-electron chi connectivity index (χ3n) is 3.52. The summed E-state index contributed by atoms with van der Waals surface area (Å²) >= 11 is 0. The van der Waals surface area contributed by atoms with E-state index in [1.54, 1.807) is 19.2 Å². The maximum Gasteiger partial charge on any atom is 0.131 e. The van der Waals surface area contributed by atoms with Crippen molar-refractivity contribution in [3.05, 3.63) is 59.4 Å². The average Bonchev–Trinajstić information content (AvgIpc) is 2.47. The second kappa shape index (κ2) is 6.14. The molecule has 0 radical (unpaired) electrons. The summed E-state index contributed by atoms with van der Waals surface area (Å²) in [5, 5.41) is 0. The normalized spacial score (nSPS) is 13.6. The first-order chi connectivity index (χ1) is 9.96. The molecule has 112 valence electrons. The molecule has 0 bridgehead atoms. The summed E-state index contributed by atoms with van der Waals surface area (Å²) in [5.41, 5.74) is 7.02. The molecule has 2 N–H and O–H groups in total. The van der Waals surface area contributed by atoms with Gasteiger partial charge in [-0.25, -0.2) is 4.39 Å². The molecule has 0 heterocycles. The van der Waals surface area contributed by atoms with Crippen LogP contribution in [0.1, 0.15) is 18.1 Å². The number of halogens is 1. The molecule has 3 nitrogen and oxygen atoms in total. The molecule has 1 unspecified atom stereocenters. The van der Waals surface area contributed by atoms with Crippen LogP contribution in [0.2, 0.25) is 0 Å². The number of nitrogens with two attached hydrogens (primary N) is 1. The third kappa shape index (κ3) is 3.52. The van der Waals surface area contributed by atoms with Gasteiger partial charge in [0, 0.05) is 17.2 Å². The highest BCUT2D eigenvalue weighted by Gasteiger charge is 2.25. The van der Waals surface area contributed by atoms with Gasteiger partial charge in [0.15, 0.2) is 0 Å². The van der Waals surface area contributed by atoms with Gasteiger partial charge in [-0.15, -0.1) is 0 Å². The summed E-state index contributed by atoms with van der Waals surface area (Å²) in [6.45, 7) is 1.82. The maximum atomic E-state index is 14.2. The lowest BCUT2D eigenvalue weighted by Crippen LogP contribution is -2.36. The van der Waals surface area contributed by atoms with Crippen LogP contribution in [0.25, 0.3) is 0 Å². The summed E-state index contributed by atoms with van der Waals surface area (Å²) in [4.78, 5) is 0. The quantitative estimate of drug-likeness (QED) is 0.919. The number of rotatable bonds is 5. The molecule has 2 rings (SSSR count). The van der Waals surface area contributed by atoms with Gasteiger partial charge in [0.2, 0.25) is 0 Å². The molecule has 0 saturated heterocycles. The molecule has 4 heteroatoms. The molecule has 0 amide bonds. The van der Waals surface area contributed by atoms with Gasteiger partial charge in [-0.3, -0.25) is 0 Å². The van der Waals surface area contributed by atoms with Crippen molar-refractivity contribution in [2.75, 3.05) is 14.2 Å². The lowest BCUT2D eigenvalue weighted by molar-refractivity contribution is 0.405. The largest absolute Gasteiger partial charge is 0.497 e. The van der Waals surface area contributed by atoms with Crippen LogP contribution in [0.15, 0.2) is 42.5 Å². The van der Waals surface area contributed by atoms with Crippen LogP contribution in [-0.2, 0) is 12.0 Å². The molecule has 2 aromatic rings. The van der Waals surface area contributed by atoms with Crippen molar-refractivity contribution in [1.82, 2.24) is 0 Å². The zero-order chi connectivity index (χ0) is 15.5. The van der Waals surface area contributed by atoms with Gasteiger partial charge < -0.3 is 15.2 Å². The average molecular weight is 289 g/mol. The van der Waals surface area contributed by atoms with E-state index >= 15 is 0 Å². The zero-order valence-electron chi connectivity index (χ0n) is 12.5. The van der Waals surface area contributed by atoms with E-state index in [9.17, 15) is 4.39 Å². The van der Waals surface area contributed by atoms with E-state index in [1.807, 2.05) is 31.2 Å². The number of benzene rings is 2. The van der Waals surface area contributed by atoms with Crippen molar-refractivity contribution in [2.45, 2.75) is 18.9 Å². The van der Waals surface area contributed by atoms with Crippen LogP contribution in [-0.4, -0.2) is 14.2 Å². The van der Waals surface area contributed by atoms with E-state index in [1.165, 1.54) is 13.2 Å². The fraction of sp³-hybridized carbons (Fsp3) is 0.294. The number of ether oxygens (including phenoxy) is 2. The highest BCUT2D eigenvalue weighted by atomic mass is 19.1. The van der Waals surface area contributed by atoms with Crippen LogP contribution in [0.3, 0.4) is 0 Å². The van der Waals surface area contributed by atoms with Gasteiger partial charge in [0.05, 0.1) is 14.2 Å². The summed E-state index contributed by atoms with van der Waals surface area (Å²) in [7, 11) is 3.13. The first-order valence-electron chi connectivity index (χ1n) is 6.72. The van der Waals surface area contributed by atoms with Gasteiger partial charge in [-0.05, 0) is 37.1 Å². The van der Waals surface area contributed by atoms with Gasteiger partial charge in [-0.2, -0.15) is 0 Å². The maximum absolute atomic E-state index is 14.2. The minimum Gasteiger partial charge on any atom is -0.497 e. The predicted octanol–water partition coefficient (Wildman–Crippen LogP) is 3.26. The molecule has 0 fully saturated rings. The fourth-order valence-corrected chi connectivity index (χ4v) is 2.35. The Labute approximate surface area is 124 Å². The van der Waals surface area contributed by atoms with Crippen LogP contribution in [0.4, 0.5) is 4.39 Å². The summed E-state index contributed by atoms with van der Waals surface area (Å²) in [6.07, 6.45) is 0.528. The van der Waals surface area contributed by atoms with Crippen molar-refractivity contribution in [1.29, 1.82) is 0 Å². The van der Waals surface area contributed by atoms with Crippen molar-refractivity contribution < 1.29 is 13.9 Å². The Balaban J connectivity index is 2.24. The van der Waals surface area contributed by atoms with Crippen LogP contribution < -0.4 is 15.2 Å². The highest BCUT2D eigenvalue weighted by Crippen LogP contribution is 2.28. The second-order valence-electron chi connectivity index (χ2n) is 5.29. The highest BCUT2D eigenvalue weighted by molar-refractivity contribution is 5.35. The van der Waals surface area contributed by atoms with E-state index in [-0.39, 0.29) is 5.82 Å². The SMILES string of the molecule is COc1ccc(CC(C)(N)c2ccc(OC)cc2F)cc1. The molecular formula is C17H20FNO2. The Morgan fingerprint density at radius 3 is 2.10 bits per heavy atom. The zero-order valence-corrected chi connectivity index (χ0v) is 12.5. The molecule has 0 spiro atoms. The Morgan fingerprint density at radius 2 is 1.57 bits per heavy atom. The van der Waals surface area contributed by atoms with Crippen LogP contribution in [0, 0.1) is 5.82 Å². The van der Waals surface area contributed by atoms with Gasteiger partial charge in [0.25, 0.3) is 0 Å². The van der Waals surface area contributed by atoms with Crippen molar-refractivity contribution in [3.63, 3.8) is 0 Å². The number of hydrogen-bond acceptors (Lipinski definition) is 3. The minimum atomic E-state index is -0.801. The minimum absolute atomic E-state index is 0.354. The van der Waals surface area contributed by atoms with Crippen LogP contribution >= 0.6 is 0 Å². The van der Waals surface area contributed by atoms with Crippen molar-refractivity contribution in [3.8, 4) is 11.5 Å². The summed E-state index contributed by atoms with van der Waals surface area (Å²) in [6, 6.07) is 12.4. The second-order valence-corrected chi connectivity index (χ2v) is 5.29. The molecule has 1 atom stereocenters. The molecule has 0 aliphatic carbocycles. The lowest BCUT2D eigenvalue weighted by atomic mass is 9.86. The van der Waals surface area contributed by atoms with Crippen LogP contribution in [0.5, 0.6) is 11.5 Å². The van der Waals surface area contributed by atoms with Crippen molar-refractivity contribution >= 4 is 0 Å². The third-order valence-corrected chi connectivity index (χ3v) is 3.52. The monoisotopic (exact) mass is 289 g/mol. The lowest BCUT2D eigenvalue weighted by Gasteiger charge is -2.26. The van der Waals surface area contributed by atoms with Gasteiger partial charge in [0.1, 0.15) is 17.3 Å². The van der Waals surface area contributed by atoms with Gasteiger partial charge in [-0.1, -0.05) is 18.2 Å². The summed E-state index contributed by atoms with van der Waals surface area (Å²) < 4.78 is 24.3. The first kappa shape index (κ1) is 15.3. The van der Waals surface area contributed by atoms with E-state index in [2.05, 4.69) is 0 Å². The molecular weight excluding hydrogens is 269 g/mol. The van der Waals surface area contributed by atoms with E-state index in [0.717, 1.165) is 11.3 Å². The topological polar surface area (TPSA) is 44.5 Å². The predicted molar refractivity (Wildman–Crippen MR) is 81.2 cm³/mol. The standard InChI is InChI=1S/C17H20FNO2/c1-17(19,11-12-4-6-13(20-2)7-5-12)15-9-8-14(21-3)10-16(15)18/h4-10H,11,19H2,1-3H3. The van der Waals surface area contributed by atoms with Crippen molar-refractivity contribution in [2.24, 2.45) is 5.73 Å².